The van der Waals surface area contributed by atoms with E-state index in [1.54, 1.807) is 12.1 Å². The van der Waals surface area contributed by atoms with E-state index in [0.29, 0.717) is 11.0 Å². The normalized spacial score (nSPS) is 9.87. The molecule has 74 valence electrons. The topological polar surface area (TPSA) is 94.5 Å². The summed E-state index contributed by atoms with van der Waals surface area (Å²) in [6, 6.07) is 7.18. The van der Waals surface area contributed by atoms with Gasteiger partial charge in [-0.25, -0.2) is 4.98 Å². The lowest BCUT2D eigenvalue weighted by Gasteiger charge is -1.98. The maximum Gasteiger partial charge on any atom is 0.270 e. The van der Waals surface area contributed by atoms with Crippen molar-refractivity contribution in [2.45, 2.75) is 6.54 Å². The molecule has 0 aliphatic rings. The summed E-state index contributed by atoms with van der Waals surface area (Å²) < 4.78 is 0. The van der Waals surface area contributed by atoms with Crippen LogP contribution in [0, 0.1) is 0 Å². The van der Waals surface area contributed by atoms with Crippen molar-refractivity contribution in [3.63, 3.8) is 0 Å². The molecule has 6 nitrogen and oxygen atoms in total. The lowest BCUT2D eigenvalue weighted by Crippen LogP contribution is -2.14. The van der Waals surface area contributed by atoms with Gasteiger partial charge in [0.15, 0.2) is 0 Å². The molecule has 1 aromatic carbocycles. The first kappa shape index (κ1) is 9.23. The monoisotopic (exact) mass is 201 g/mol. The average Bonchev–Trinajstić information content (AvgIpc) is 2.26. The van der Waals surface area contributed by atoms with Crippen molar-refractivity contribution in [3.05, 3.63) is 50.8 Å². The third-order valence-electron chi connectivity index (χ3n) is 1.95. The van der Waals surface area contributed by atoms with Gasteiger partial charge in [0.25, 0.3) is 5.56 Å². The second-order valence-electron chi connectivity index (χ2n) is 2.92. The van der Waals surface area contributed by atoms with Crippen molar-refractivity contribution in [1.82, 2.24) is 9.97 Å². The van der Waals surface area contributed by atoms with E-state index in [-0.39, 0.29) is 17.8 Å². The van der Waals surface area contributed by atoms with E-state index in [2.05, 4.69) is 20.0 Å². The standard InChI is InChI=1S/C9H7N5O/c10-14-11-5-8-9(15)13-7-4-2-1-3-6(7)12-8/h1-4H,5H2,(H,13,15). The summed E-state index contributed by atoms with van der Waals surface area (Å²) in [5.41, 5.74) is 9.41. The van der Waals surface area contributed by atoms with Crippen molar-refractivity contribution in [2.24, 2.45) is 5.11 Å². The van der Waals surface area contributed by atoms with Crippen LogP contribution in [-0.2, 0) is 6.54 Å². The number of H-pyrrole nitrogens is 1. The molecule has 2 aromatic rings. The van der Waals surface area contributed by atoms with Crippen LogP contribution >= 0.6 is 0 Å². The summed E-state index contributed by atoms with van der Waals surface area (Å²) >= 11 is 0. The van der Waals surface area contributed by atoms with Crippen molar-refractivity contribution in [2.75, 3.05) is 0 Å². The molecule has 0 saturated carbocycles. The number of hydrogen-bond donors (Lipinski definition) is 1. The minimum Gasteiger partial charge on any atom is -0.319 e. The molecule has 6 heteroatoms. The second kappa shape index (κ2) is 3.81. The van der Waals surface area contributed by atoms with Crippen LogP contribution in [-0.4, -0.2) is 9.97 Å². The van der Waals surface area contributed by atoms with Gasteiger partial charge < -0.3 is 4.98 Å². The van der Waals surface area contributed by atoms with Gasteiger partial charge in [-0.1, -0.05) is 17.2 Å². The van der Waals surface area contributed by atoms with Crippen LogP contribution in [0.5, 0.6) is 0 Å². The van der Waals surface area contributed by atoms with Crippen LogP contribution in [0.1, 0.15) is 5.69 Å². The number of aromatic nitrogens is 2. The quantitative estimate of drug-likeness (QED) is 0.455. The number of nitrogens with one attached hydrogen (secondary N) is 1. The number of benzene rings is 1. The maximum absolute atomic E-state index is 11.4. The maximum atomic E-state index is 11.4. The Hall–Kier alpha value is -2.33. The highest BCUT2D eigenvalue weighted by Gasteiger charge is 2.02. The molecular weight excluding hydrogens is 194 g/mol. The van der Waals surface area contributed by atoms with E-state index in [4.69, 9.17) is 5.53 Å². The molecule has 0 amide bonds. The Morgan fingerprint density at radius 2 is 2.27 bits per heavy atom. The van der Waals surface area contributed by atoms with Crippen LogP contribution < -0.4 is 5.56 Å². The zero-order valence-electron chi connectivity index (χ0n) is 7.71. The van der Waals surface area contributed by atoms with Crippen LogP contribution in [0.4, 0.5) is 0 Å². The van der Waals surface area contributed by atoms with Gasteiger partial charge in [-0.05, 0) is 17.7 Å². The molecule has 0 unspecified atom stereocenters. The van der Waals surface area contributed by atoms with E-state index >= 15 is 0 Å². The van der Waals surface area contributed by atoms with Crippen LogP contribution in [0.3, 0.4) is 0 Å². The Labute approximate surface area is 84.2 Å². The molecule has 0 fully saturated rings. The van der Waals surface area contributed by atoms with Crippen LogP contribution in [0.15, 0.2) is 34.2 Å². The molecular formula is C9H7N5O. The zero-order valence-corrected chi connectivity index (χ0v) is 7.71. The first-order chi connectivity index (χ1) is 7.31. The fraction of sp³-hybridized carbons (Fsp3) is 0.111. The molecule has 0 radical (unpaired) electrons. The van der Waals surface area contributed by atoms with Crippen LogP contribution in [0.2, 0.25) is 0 Å². The predicted molar refractivity (Wildman–Crippen MR) is 55.2 cm³/mol. The summed E-state index contributed by atoms with van der Waals surface area (Å²) in [6.07, 6.45) is 0. The lowest BCUT2D eigenvalue weighted by atomic mass is 10.3. The van der Waals surface area contributed by atoms with E-state index in [0.717, 1.165) is 0 Å². The van der Waals surface area contributed by atoms with E-state index < -0.39 is 0 Å². The fourth-order valence-corrected chi connectivity index (χ4v) is 1.27. The van der Waals surface area contributed by atoms with Gasteiger partial charge in [0.05, 0.1) is 17.6 Å². The van der Waals surface area contributed by atoms with Gasteiger partial charge in [-0.2, -0.15) is 0 Å². The Balaban J connectivity index is 2.61. The van der Waals surface area contributed by atoms with Gasteiger partial charge in [-0.3, -0.25) is 4.79 Å². The summed E-state index contributed by atoms with van der Waals surface area (Å²) in [5.74, 6) is 0. The highest BCUT2D eigenvalue weighted by Crippen LogP contribution is 2.06. The number of fused-ring (bicyclic) bond motifs is 1. The number of azide groups is 1. The van der Waals surface area contributed by atoms with Crippen molar-refractivity contribution < 1.29 is 0 Å². The SMILES string of the molecule is [N-]=[N+]=NCc1nc2ccccc2[nH]c1=O. The number of rotatable bonds is 2. The molecule has 0 aliphatic carbocycles. The number of nitrogens with zero attached hydrogens (tertiary/aromatic N) is 4. The second-order valence-corrected chi connectivity index (χ2v) is 2.92. The minimum atomic E-state index is -0.318. The summed E-state index contributed by atoms with van der Waals surface area (Å²) in [7, 11) is 0. The Kier molecular flexibility index (Phi) is 2.35. The van der Waals surface area contributed by atoms with Crippen molar-refractivity contribution in [1.29, 1.82) is 0 Å². The molecule has 1 aromatic heterocycles. The summed E-state index contributed by atoms with van der Waals surface area (Å²) in [6.45, 7) is -0.0311. The number of aromatic amines is 1. The Morgan fingerprint density at radius 1 is 1.47 bits per heavy atom. The van der Waals surface area contributed by atoms with Gasteiger partial charge in [0.1, 0.15) is 5.69 Å². The zero-order chi connectivity index (χ0) is 10.7. The molecule has 15 heavy (non-hydrogen) atoms. The molecule has 0 bridgehead atoms. The Morgan fingerprint density at radius 3 is 3.07 bits per heavy atom. The molecule has 1 N–H and O–H groups in total. The minimum absolute atomic E-state index is 0.0311. The first-order valence-electron chi connectivity index (χ1n) is 4.30. The molecule has 0 aliphatic heterocycles. The van der Waals surface area contributed by atoms with Gasteiger partial charge in [0.2, 0.25) is 0 Å². The lowest BCUT2D eigenvalue weighted by molar-refractivity contribution is 0.948. The van der Waals surface area contributed by atoms with Crippen molar-refractivity contribution in [3.8, 4) is 0 Å². The first-order valence-corrected chi connectivity index (χ1v) is 4.30. The van der Waals surface area contributed by atoms with Gasteiger partial charge >= 0.3 is 0 Å². The molecule has 0 saturated heterocycles. The van der Waals surface area contributed by atoms with Gasteiger partial charge in [-0.15, -0.1) is 0 Å². The molecule has 1 heterocycles. The molecule has 0 atom stereocenters. The highest BCUT2D eigenvalue weighted by atomic mass is 16.1. The van der Waals surface area contributed by atoms with Crippen LogP contribution in [0.25, 0.3) is 21.5 Å². The molecule has 2 rings (SSSR count). The van der Waals surface area contributed by atoms with Crippen molar-refractivity contribution >= 4 is 11.0 Å². The molecule has 0 spiro atoms. The van der Waals surface area contributed by atoms with Gasteiger partial charge in [0, 0.05) is 4.91 Å². The van der Waals surface area contributed by atoms with E-state index in [1.165, 1.54) is 0 Å². The highest BCUT2D eigenvalue weighted by molar-refractivity contribution is 5.73. The number of hydrogen-bond acceptors (Lipinski definition) is 3. The summed E-state index contributed by atoms with van der Waals surface area (Å²) in [5, 5.41) is 3.31. The Bertz CT molecular complexity index is 597. The summed E-state index contributed by atoms with van der Waals surface area (Å²) in [4.78, 5) is 20.8. The largest absolute Gasteiger partial charge is 0.319 e. The fourth-order valence-electron chi connectivity index (χ4n) is 1.27. The third-order valence-corrected chi connectivity index (χ3v) is 1.95. The van der Waals surface area contributed by atoms with E-state index in [1.807, 2.05) is 12.1 Å². The average molecular weight is 201 g/mol. The smallest absolute Gasteiger partial charge is 0.270 e. The number of para-hydroxylation sites is 2. The van der Waals surface area contributed by atoms with E-state index in [9.17, 15) is 4.79 Å². The third kappa shape index (κ3) is 1.79. The predicted octanol–water partition coefficient (Wildman–Crippen LogP) is 1.73.